The Labute approximate surface area is 220 Å². The van der Waals surface area contributed by atoms with Crippen LogP contribution < -0.4 is 5.32 Å². The van der Waals surface area contributed by atoms with Gasteiger partial charge in [0.25, 0.3) is 0 Å². The molecular weight excluding hydrogens is 493 g/mol. The van der Waals surface area contributed by atoms with E-state index < -0.39 is 17.4 Å². The van der Waals surface area contributed by atoms with Crippen LogP contribution >= 0.6 is 23.2 Å². The van der Waals surface area contributed by atoms with Gasteiger partial charge < -0.3 is 10.1 Å². The minimum absolute atomic E-state index is 0.0748. The summed E-state index contributed by atoms with van der Waals surface area (Å²) in [5.41, 5.74) is 1.61. The summed E-state index contributed by atoms with van der Waals surface area (Å²) in [6.45, 7) is 0. The molecule has 36 heavy (non-hydrogen) atoms. The van der Waals surface area contributed by atoms with Crippen molar-refractivity contribution in [2.24, 2.45) is 0 Å². The largest absolute Gasteiger partial charge is 0.467 e. The second kappa shape index (κ2) is 11.4. The molecule has 1 amide bonds. The van der Waals surface area contributed by atoms with Gasteiger partial charge in [0.15, 0.2) is 0 Å². The molecule has 0 radical (unpaired) electrons. The summed E-state index contributed by atoms with van der Waals surface area (Å²) in [6.07, 6.45) is 0.0748. The van der Waals surface area contributed by atoms with Crippen LogP contribution in [0.1, 0.15) is 22.3 Å². The molecule has 4 aromatic carbocycles. The Morgan fingerprint density at radius 2 is 1.14 bits per heavy atom. The van der Waals surface area contributed by atoms with Crippen molar-refractivity contribution in [3.63, 3.8) is 0 Å². The molecule has 6 heteroatoms. The number of hydrogen-bond donors (Lipinski definition) is 1. The second-order valence-electron chi connectivity index (χ2n) is 8.30. The van der Waals surface area contributed by atoms with E-state index in [1.165, 1.54) is 7.11 Å². The van der Waals surface area contributed by atoms with Crippen LogP contribution in [0.4, 0.5) is 0 Å². The average molecular weight is 518 g/mol. The number of halogens is 2. The summed E-state index contributed by atoms with van der Waals surface area (Å²) in [4.78, 5) is 27.4. The summed E-state index contributed by atoms with van der Waals surface area (Å²) in [6, 6.07) is 32.7. The maximum Gasteiger partial charge on any atom is 0.328 e. The molecule has 0 saturated carbocycles. The minimum atomic E-state index is -1.24. The number of rotatable bonds is 8. The van der Waals surface area contributed by atoms with E-state index in [0.29, 0.717) is 15.6 Å². The zero-order valence-corrected chi connectivity index (χ0v) is 21.2. The molecular formula is C30H25Cl2NO3. The van der Waals surface area contributed by atoms with Gasteiger partial charge in [-0.1, -0.05) is 120 Å². The molecule has 0 bridgehead atoms. The fourth-order valence-electron chi connectivity index (χ4n) is 4.49. The maximum absolute atomic E-state index is 14.5. The number of benzene rings is 4. The van der Waals surface area contributed by atoms with Crippen LogP contribution in [0.25, 0.3) is 0 Å². The third kappa shape index (κ3) is 5.01. The Bertz CT molecular complexity index is 1210. The first kappa shape index (κ1) is 25.5. The highest BCUT2D eigenvalue weighted by molar-refractivity contribution is 6.36. The summed E-state index contributed by atoms with van der Waals surface area (Å²) in [5.74, 6) is -0.966. The third-order valence-electron chi connectivity index (χ3n) is 6.22. The van der Waals surface area contributed by atoms with Crippen molar-refractivity contribution < 1.29 is 14.3 Å². The van der Waals surface area contributed by atoms with Gasteiger partial charge in [-0.15, -0.1) is 0 Å². The van der Waals surface area contributed by atoms with Gasteiger partial charge in [0.05, 0.1) is 7.11 Å². The van der Waals surface area contributed by atoms with Gasteiger partial charge in [-0.05, 0) is 34.4 Å². The molecule has 0 aliphatic heterocycles. The molecule has 4 nitrogen and oxygen atoms in total. The molecule has 4 rings (SSSR count). The Balaban J connectivity index is 1.87. The number of esters is 1. The van der Waals surface area contributed by atoms with Crippen molar-refractivity contribution >= 4 is 35.1 Å². The number of amides is 1. The molecule has 182 valence electrons. The fraction of sp³-hybridized carbons (Fsp3) is 0.133. The van der Waals surface area contributed by atoms with E-state index in [0.717, 1.165) is 16.7 Å². The Morgan fingerprint density at radius 1 is 0.722 bits per heavy atom. The molecule has 0 aliphatic rings. The Kier molecular flexibility index (Phi) is 8.09. The van der Waals surface area contributed by atoms with Crippen molar-refractivity contribution in [2.45, 2.75) is 17.9 Å². The topological polar surface area (TPSA) is 55.4 Å². The summed E-state index contributed by atoms with van der Waals surface area (Å²) >= 11 is 12.8. The lowest BCUT2D eigenvalue weighted by Crippen LogP contribution is -2.52. The first-order valence-corrected chi connectivity index (χ1v) is 12.2. The number of nitrogens with one attached hydrogen (secondary N) is 1. The predicted molar refractivity (Wildman–Crippen MR) is 143 cm³/mol. The highest BCUT2D eigenvalue weighted by Crippen LogP contribution is 2.40. The summed E-state index contributed by atoms with van der Waals surface area (Å²) < 4.78 is 5.06. The van der Waals surface area contributed by atoms with E-state index in [-0.39, 0.29) is 12.3 Å². The van der Waals surface area contributed by atoms with Crippen molar-refractivity contribution in [1.29, 1.82) is 0 Å². The van der Waals surface area contributed by atoms with Crippen molar-refractivity contribution in [3.05, 3.63) is 141 Å². The normalized spacial score (nSPS) is 12.0. The van der Waals surface area contributed by atoms with E-state index in [1.807, 2.05) is 91.0 Å². The molecule has 1 N–H and O–H groups in total. The Morgan fingerprint density at radius 3 is 1.53 bits per heavy atom. The minimum Gasteiger partial charge on any atom is -0.467 e. The smallest absolute Gasteiger partial charge is 0.328 e. The van der Waals surface area contributed by atoms with Crippen molar-refractivity contribution in [1.82, 2.24) is 5.32 Å². The van der Waals surface area contributed by atoms with Gasteiger partial charge in [0.2, 0.25) is 5.91 Å². The predicted octanol–water partition coefficient (Wildman–Crippen LogP) is 6.23. The van der Waals surface area contributed by atoms with E-state index in [9.17, 15) is 9.59 Å². The standard InChI is InChI=1S/C30H25Cl2NO3/c1-36-28(34)27(20-24-25(31)18-11-19-26(24)32)33-29(35)30(21-12-5-2-6-13-21,22-14-7-3-8-15-22)23-16-9-4-10-17-23/h2-19,27H,20H2,1H3,(H,33,35)/t27-/m0/s1. The van der Waals surface area contributed by atoms with Crippen LogP contribution in [0, 0.1) is 0 Å². The highest BCUT2D eigenvalue weighted by Gasteiger charge is 2.45. The first-order valence-electron chi connectivity index (χ1n) is 11.5. The number of ether oxygens (including phenoxy) is 1. The number of carbonyl (C=O) groups is 2. The monoisotopic (exact) mass is 517 g/mol. The van der Waals surface area contributed by atoms with E-state index >= 15 is 0 Å². The van der Waals surface area contributed by atoms with Crippen molar-refractivity contribution in [3.8, 4) is 0 Å². The molecule has 0 heterocycles. The van der Waals surface area contributed by atoms with E-state index in [2.05, 4.69) is 5.32 Å². The van der Waals surface area contributed by atoms with Gasteiger partial charge in [-0.25, -0.2) is 4.79 Å². The maximum atomic E-state index is 14.5. The highest BCUT2D eigenvalue weighted by atomic mass is 35.5. The lowest BCUT2D eigenvalue weighted by atomic mass is 9.68. The lowest BCUT2D eigenvalue weighted by Gasteiger charge is -2.35. The van der Waals surface area contributed by atoms with Crippen LogP contribution in [-0.4, -0.2) is 25.0 Å². The summed E-state index contributed by atoms with van der Waals surface area (Å²) in [5, 5.41) is 3.79. The number of methoxy groups -OCH3 is 1. The molecule has 4 aromatic rings. The first-order chi connectivity index (χ1) is 17.5. The van der Waals surface area contributed by atoms with Gasteiger partial charge in [-0.3, -0.25) is 4.79 Å². The fourth-order valence-corrected chi connectivity index (χ4v) is 5.04. The SMILES string of the molecule is COC(=O)[C@H](Cc1c(Cl)cccc1Cl)NC(=O)C(c1ccccc1)(c1ccccc1)c1ccccc1. The molecule has 0 saturated heterocycles. The van der Waals surface area contributed by atoms with Crippen LogP contribution in [0.15, 0.2) is 109 Å². The second-order valence-corrected chi connectivity index (χ2v) is 9.12. The molecule has 0 spiro atoms. The quantitative estimate of drug-likeness (QED) is 0.222. The zero-order chi connectivity index (χ0) is 25.5. The zero-order valence-electron chi connectivity index (χ0n) is 19.7. The van der Waals surface area contributed by atoms with Crippen LogP contribution in [0.3, 0.4) is 0 Å². The van der Waals surface area contributed by atoms with Gasteiger partial charge >= 0.3 is 5.97 Å². The lowest BCUT2D eigenvalue weighted by molar-refractivity contribution is -0.145. The summed E-state index contributed by atoms with van der Waals surface area (Å²) in [7, 11) is 1.29. The molecule has 0 fully saturated rings. The van der Waals surface area contributed by atoms with Gasteiger partial charge in [0.1, 0.15) is 11.5 Å². The van der Waals surface area contributed by atoms with Crippen LogP contribution in [-0.2, 0) is 26.2 Å². The van der Waals surface area contributed by atoms with Crippen LogP contribution in [0.5, 0.6) is 0 Å². The van der Waals surface area contributed by atoms with Gasteiger partial charge in [0, 0.05) is 16.5 Å². The van der Waals surface area contributed by atoms with E-state index in [1.54, 1.807) is 18.2 Å². The molecule has 0 aromatic heterocycles. The number of hydrogen-bond acceptors (Lipinski definition) is 3. The molecule has 1 atom stereocenters. The molecule has 0 aliphatic carbocycles. The number of carbonyl (C=O) groups excluding carboxylic acids is 2. The van der Waals surface area contributed by atoms with Gasteiger partial charge in [-0.2, -0.15) is 0 Å². The van der Waals surface area contributed by atoms with Crippen molar-refractivity contribution in [2.75, 3.05) is 7.11 Å². The van der Waals surface area contributed by atoms with Crippen LogP contribution in [0.2, 0.25) is 10.0 Å². The third-order valence-corrected chi connectivity index (χ3v) is 6.93. The van der Waals surface area contributed by atoms with E-state index in [4.69, 9.17) is 27.9 Å². The Hall–Kier alpha value is -3.60. The molecule has 0 unspecified atom stereocenters. The average Bonchev–Trinajstić information content (AvgIpc) is 2.92.